The van der Waals surface area contributed by atoms with E-state index >= 15 is 0 Å². The summed E-state index contributed by atoms with van der Waals surface area (Å²) < 4.78 is 37.9. The highest BCUT2D eigenvalue weighted by Crippen LogP contribution is 2.29. The fourth-order valence-corrected chi connectivity index (χ4v) is 2.94. The van der Waals surface area contributed by atoms with Crippen molar-refractivity contribution in [2.75, 3.05) is 0 Å². The molecule has 0 radical (unpaired) electrons. The molecule has 0 aliphatic heterocycles. The molecule has 28 heavy (non-hydrogen) atoms. The van der Waals surface area contributed by atoms with Crippen LogP contribution in [-0.2, 0) is 17.4 Å². The predicted octanol–water partition coefficient (Wildman–Crippen LogP) is 4.28. The lowest BCUT2D eigenvalue weighted by molar-refractivity contribution is -0.139. The summed E-state index contributed by atoms with van der Waals surface area (Å²) >= 11 is 0. The number of amides is 1. The molecule has 0 aliphatic rings. The number of rotatable bonds is 5. The van der Waals surface area contributed by atoms with E-state index in [4.69, 9.17) is 0 Å². The van der Waals surface area contributed by atoms with Crippen molar-refractivity contribution in [1.82, 2.24) is 5.32 Å². The Kier molecular flexibility index (Phi) is 5.35. The van der Waals surface area contributed by atoms with E-state index in [2.05, 4.69) is 5.32 Å². The average molecular weight is 387 g/mol. The molecule has 0 aliphatic carbocycles. The van der Waals surface area contributed by atoms with E-state index in [-0.39, 0.29) is 12.0 Å². The second kappa shape index (κ2) is 7.72. The van der Waals surface area contributed by atoms with Gasteiger partial charge < -0.3 is 10.4 Å². The summed E-state index contributed by atoms with van der Waals surface area (Å²) in [5, 5.41) is 13.7. The molecule has 144 valence electrons. The number of benzene rings is 3. The Morgan fingerprint density at radius 1 is 0.929 bits per heavy atom. The Morgan fingerprint density at radius 3 is 2.21 bits per heavy atom. The van der Waals surface area contributed by atoms with Gasteiger partial charge in [0.1, 0.15) is 6.04 Å². The molecule has 1 atom stereocenters. The maximum atomic E-state index is 12.6. The zero-order valence-electron chi connectivity index (χ0n) is 14.5. The van der Waals surface area contributed by atoms with E-state index in [9.17, 15) is 27.9 Å². The number of fused-ring (bicyclic) bond motifs is 1. The molecule has 0 saturated heterocycles. The minimum Gasteiger partial charge on any atom is -0.480 e. The SMILES string of the molecule is O=C(N[C@H](Cc1cccc2ccccc12)C(=O)O)c1ccc(C(F)(F)F)cc1. The summed E-state index contributed by atoms with van der Waals surface area (Å²) in [6.45, 7) is 0. The van der Waals surface area contributed by atoms with Gasteiger partial charge in [-0.25, -0.2) is 4.79 Å². The lowest BCUT2D eigenvalue weighted by Gasteiger charge is -2.16. The van der Waals surface area contributed by atoms with Crippen LogP contribution < -0.4 is 5.32 Å². The van der Waals surface area contributed by atoms with E-state index < -0.39 is 29.7 Å². The third-order valence-corrected chi connectivity index (χ3v) is 4.38. The van der Waals surface area contributed by atoms with Crippen molar-refractivity contribution >= 4 is 22.6 Å². The van der Waals surface area contributed by atoms with Gasteiger partial charge in [-0.2, -0.15) is 13.2 Å². The van der Waals surface area contributed by atoms with Gasteiger partial charge in [0, 0.05) is 12.0 Å². The standard InChI is InChI=1S/C21H16F3NO3/c22-21(23,24)16-10-8-14(9-11-16)19(26)25-18(20(27)28)12-15-6-3-5-13-4-1-2-7-17(13)15/h1-11,18H,12H2,(H,25,26)(H,27,28)/t18-/m1/s1. The van der Waals surface area contributed by atoms with Crippen molar-refractivity contribution in [2.45, 2.75) is 18.6 Å². The molecule has 2 N–H and O–H groups in total. The lowest BCUT2D eigenvalue weighted by atomic mass is 9.98. The topological polar surface area (TPSA) is 66.4 Å². The van der Waals surface area contributed by atoms with Gasteiger partial charge in [0.15, 0.2) is 0 Å². The Morgan fingerprint density at radius 2 is 1.57 bits per heavy atom. The third kappa shape index (κ3) is 4.31. The van der Waals surface area contributed by atoms with Crippen molar-refractivity contribution in [1.29, 1.82) is 0 Å². The molecule has 4 nitrogen and oxygen atoms in total. The van der Waals surface area contributed by atoms with Crippen LogP contribution in [0, 0.1) is 0 Å². The summed E-state index contributed by atoms with van der Waals surface area (Å²) in [6, 6.07) is 15.3. The number of hydrogen-bond donors (Lipinski definition) is 2. The van der Waals surface area contributed by atoms with Crippen molar-refractivity contribution < 1.29 is 27.9 Å². The van der Waals surface area contributed by atoms with E-state index in [0.29, 0.717) is 0 Å². The van der Waals surface area contributed by atoms with Crippen LogP contribution in [0.25, 0.3) is 10.8 Å². The van der Waals surface area contributed by atoms with Gasteiger partial charge in [-0.3, -0.25) is 4.79 Å². The number of carbonyl (C=O) groups is 2. The highest BCUT2D eigenvalue weighted by atomic mass is 19.4. The van der Waals surface area contributed by atoms with Crippen LogP contribution in [0.15, 0.2) is 66.7 Å². The van der Waals surface area contributed by atoms with E-state index in [1.807, 2.05) is 30.3 Å². The number of aliphatic carboxylic acids is 1. The quantitative estimate of drug-likeness (QED) is 0.687. The molecule has 3 rings (SSSR count). The molecule has 0 heterocycles. The lowest BCUT2D eigenvalue weighted by Crippen LogP contribution is -2.42. The summed E-state index contributed by atoms with van der Waals surface area (Å²) in [7, 11) is 0. The number of alkyl halides is 3. The maximum Gasteiger partial charge on any atom is 0.416 e. The number of nitrogens with one attached hydrogen (secondary N) is 1. The fraction of sp³-hybridized carbons (Fsp3) is 0.143. The minimum atomic E-state index is -4.51. The van der Waals surface area contributed by atoms with Crippen molar-refractivity contribution in [2.24, 2.45) is 0 Å². The van der Waals surface area contributed by atoms with Crippen LogP contribution in [-0.4, -0.2) is 23.0 Å². The first kappa shape index (κ1) is 19.4. The Bertz CT molecular complexity index is 1010. The molecule has 1 amide bonds. The van der Waals surface area contributed by atoms with Gasteiger partial charge in [0.2, 0.25) is 0 Å². The zero-order valence-corrected chi connectivity index (χ0v) is 14.5. The molecule has 0 fully saturated rings. The summed E-state index contributed by atoms with van der Waals surface area (Å²) in [5.41, 5.74) is -0.176. The Labute approximate surface area is 158 Å². The number of carbonyl (C=O) groups excluding carboxylic acids is 1. The molecule has 3 aromatic rings. The van der Waals surface area contributed by atoms with E-state index in [0.717, 1.165) is 40.6 Å². The normalized spacial score (nSPS) is 12.5. The van der Waals surface area contributed by atoms with Gasteiger partial charge in [0.05, 0.1) is 5.56 Å². The molecule has 0 bridgehead atoms. The van der Waals surface area contributed by atoms with Crippen LogP contribution in [0.5, 0.6) is 0 Å². The van der Waals surface area contributed by atoms with E-state index in [1.165, 1.54) is 0 Å². The number of hydrogen-bond acceptors (Lipinski definition) is 2. The van der Waals surface area contributed by atoms with Gasteiger partial charge in [-0.1, -0.05) is 42.5 Å². The minimum absolute atomic E-state index is 0.0443. The summed E-state index contributed by atoms with van der Waals surface area (Å²) in [4.78, 5) is 23.9. The highest BCUT2D eigenvalue weighted by molar-refractivity contribution is 5.97. The first-order chi connectivity index (χ1) is 13.3. The van der Waals surface area contributed by atoms with Crippen LogP contribution in [0.1, 0.15) is 21.5 Å². The fourth-order valence-electron chi connectivity index (χ4n) is 2.94. The highest BCUT2D eigenvalue weighted by Gasteiger charge is 2.30. The molecule has 3 aromatic carbocycles. The van der Waals surface area contributed by atoms with E-state index in [1.54, 1.807) is 12.1 Å². The van der Waals surface area contributed by atoms with Crippen LogP contribution in [0.2, 0.25) is 0 Å². The predicted molar refractivity (Wildman–Crippen MR) is 98.0 cm³/mol. The second-order valence-corrected chi connectivity index (χ2v) is 6.28. The first-order valence-corrected chi connectivity index (χ1v) is 8.43. The first-order valence-electron chi connectivity index (χ1n) is 8.43. The number of carboxylic acid groups (broad SMARTS) is 1. The Balaban J connectivity index is 1.79. The molecule has 0 unspecified atom stereocenters. The van der Waals surface area contributed by atoms with Gasteiger partial charge in [-0.05, 0) is 40.6 Å². The molecule has 0 saturated carbocycles. The van der Waals surface area contributed by atoms with Crippen LogP contribution in [0.4, 0.5) is 13.2 Å². The molecule has 7 heteroatoms. The zero-order chi connectivity index (χ0) is 20.3. The van der Waals surface area contributed by atoms with Crippen LogP contribution in [0.3, 0.4) is 0 Å². The molecular weight excluding hydrogens is 371 g/mol. The monoisotopic (exact) mass is 387 g/mol. The van der Waals surface area contributed by atoms with Crippen molar-refractivity contribution in [3.63, 3.8) is 0 Å². The van der Waals surface area contributed by atoms with Crippen molar-refractivity contribution in [3.05, 3.63) is 83.4 Å². The van der Waals surface area contributed by atoms with Crippen LogP contribution >= 0.6 is 0 Å². The van der Waals surface area contributed by atoms with Gasteiger partial charge in [0.25, 0.3) is 5.91 Å². The molecular formula is C21H16F3NO3. The maximum absolute atomic E-state index is 12.6. The number of carboxylic acids is 1. The van der Waals surface area contributed by atoms with Gasteiger partial charge in [-0.15, -0.1) is 0 Å². The second-order valence-electron chi connectivity index (χ2n) is 6.28. The largest absolute Gasteiger partial charge is 0.480 e. The average Bonchev–Trinajstić information content (AvgIpc) is 2.67. The smallest absolute Gasteiger partial charge is 0.416 e. The molecule has 0 aromatic heterocycles. The Hall–Kier alpha value is -3.35. The summed E-state index contributed by atoms with van der Waals surface area (Å²) in [5.74, 6) is -1.98. The van der Waals surface area contributed by atoms with Gasteiger partial charge >= 0.3 is 12.1 Å². The number of halogens is 3. The third-order valence-electron chi connectivity index (χ3n) is 4.38. The summed E-state index contributed by atoms with van der Waals surface area (Å²) in [6.07, 6.45) is -4.46. The van der Waals surface area contributed by atoms with Crippen molar-refractivity contribution in [3.8, 4) is 0 Å². The molecule has 0 spiro atoms.